The molecule has 8 nitrogen and oxygen atoms in total. The molecule has 8 heteroatoms. The highest BCUT2D eigenvalue weighted by Crippen LogP contribution is 2.24. The number of para-hydroxylation sites is 1. The van der Waals surface area contributed by atoms with Gasteiger partial charge in [0, 0.05) is 41.9 Å². The third-order valence-corrected chi connectivity index (χ3v) is 4.73. The van der Waals surface area contributed by atoms with E-state index >= 15 is 0 Å². The number of nitrogens with zero attached hydrogens (tertiary/aromatic N) is 3. The summed E-state index contributed by atoms with van der Waals surface area (Å²) >= 11 is 0. The lowest BCUT2D eigenvalue weighted by Crippen LogP contribution is -2.36. The van der Waals surface area contributed by atoms with Crippen LogP contribution in [-0.4, -0.2) is 59.8 Å². The molecule has 172 valence electrons. The van der Waals surface area contributed by atoms with Crippen molar-refractivity contribution in [1.82, 2.24) is 9.97 Å². The van der Waals surface area contributed by atoms with Gasteiger partial charge in [0.15, 0.2) is 0 Å². The highest BCUT2D eigenvalue weighted by Gasteiger charge is 2.17. The van der Waals surface area contributed by atoms with Crippen molar-refractivity contribution in [2.24, 2.45) is 5.10 Å². The molecular weight excluding hydrogens is 406 g/mol. The summed E-state index contributed by atoms with van der Waals surface area (Å²) in [6, 6.07) is 11.9. The minimum absolute atomic E-state index is 0.150. The Morgan fingerprint density at radius 2 is 2.00 bits per heavy atom. The molecule has 1 aliphatic rings. The van der Waals surface area contributed by atoms with Crippen molar-refractivity contribution < 1.29 is 14.6 Å². The van der Waals surface area contributed by atoms with Gasteiger partial charge in [-0.3, -0.25) is 5.43 Å². The highest BCUT2D eigenvalue weighted by atomic mass is 16.5. The third kappa shape index (κ3) is 6.45. The lowest BCUT2D eigenvalue weighted by Gasteiger charge is -2.29. The first-order chi connectivity index (χ1) is 15.5. The van der Waals surface area contributed by atoms with E-state index in [0.717, 1.165) is 35.4 Å². The Balaban J connectivity index is 0.00000141. The number of morpholine rings is 1. The topological polar surface area (TPSA) is 95.0 Å². The smallest absolute Gasteiger partial charge is 0.216 e. The average molecular weight is 440 g/mol. The number of benzene rings is 1. The zero-order valence-corrected chi connectivity index (χ0v) is 19.3. The molecular formula is C24H33N5O3. The van der Waals surface area contributed by atoms with Crippen LogP contribution in [0.25, 0.3) is 10.9 Å². The van der Waals surface area contributed by atoms with Gasteiger partial charge in [-0.1, -0.05) is 32.0 Å². The summed E-state index contributed by atoms with van der Waals surface area (Å²) in [5, 5.41) is 15.4. The number of pyridine rings is 1. The van der Waals surface area contributed by atoms with E-state index in [2.05, 4.69) is 25.4 Å². The fourth-order valence-electron chi connectivity index (χ4n) is 3.24. The van der Waals surface area contributed by atoms with Crippen molar-refractivity contribution in [3.8, 4) is 5.88 Å². The number of aromatic nitrogens is 2. The van der Waals surface area contributed by atoms with Crippen molar-refractivity contribution >= 4 is 28.5 Å². The Bertz CT molecular complexity index is 1020. The van der Waals surface area contributed by atoms with Crippen molar-refractivity contribution in [1.29, 1.82) is 0 Å². The minimum Gasteiger partial charge on any atom is -0.475 e. The second kappa shape index (κ2) is 11.0. The summed E-state index contributed by atoms with van der Waals surface area (Å²) < 4.78 is 11.2. The molecule has 0 spiro atoms. The van der Waals surface area contributed by atoms with Crippen LogP contribution in [0.4, 0.5) is 11.4 Å². The van der Waals surface area contributed by atoms with Crippen molar-refractivity contribution in [2.75, 3.05) is 43.2 Å². The molecule has 1 aromatic carbocycles. The van der Waals surface area contributed by atoms with Crippen LogP contribution in [0.15, 0.2) is 47.7 Å². The number of nitrogens with one attached hydrogen (secondary N) is 2. The predicted molar refractivity (Wildman–Crippen MR) is 130 cm³/mol. The molecule has 3 aromatic rings. The second-order valence-electron chi connectivity index (χ2n) is 7.91. The van der Waals surface area contributed by atoms with E-state index in [-0.39, 0.29) is 6.61 Å². The Hall–Kier alpha value is -3.10. The maximum atomic E-state index is 9.98. The summed E-state index contributed by atoms with van der Waals surface area (Å²) in [4.78, 5) is 9.97. The third-order valence-electron chi connectivity index (χ3n) is 4.73. The standard InChI is InChI=1S/C22H27N5O3.C2H6/c1-22(2,28)15-30-21-12-17(27-7-9-29-10-8-27)11-16(25-21)13-24-26-20-14-23-19-6-4-3-5-18(19)20;1-2/h3-6,11-14,23,26,28H,7-10,15H2,1-2H3;1-2H3/b24-13+;. The van der Waals surface area contributed by atoms with Crippen LogP contribution in [0.3, 0.4) is 0 Å². The Morgan fingerprint density at radius 3 is 2.75 bits per heavy atom. The number of H-pyrrole nitrogens is 1. The molecule has 1 saturated heterocycles. The molecule has 0 bridgehead atoms. The van der Waals surface area contributed by atoms with Gasteiger partial charge in [0.25, 0.3) is 0 Å². The Kier molecular flexibility index (Phi) is 8.08. The van der Waals surface area contributed by atoms with E-state index in [1.54, 1.807) is 20.1 Å². The van der Waals surface area contributed by atoms with E-state index in [0.29, 0.717) is 24.8 Å². The fourth-order valence-corrected chi connectivity index (χ4v) is 3.24. The number of fused-ring (bicyclic) bond motifs is 1. The summed E-state index contributed by atoms with van der Waals surface area (Å²) in [6.07, 6.45) is 3.56. The summed E-state index contributed by atoms with van der Waals surface area (Å²) in [5.74, 6) is 0.453. The average Bonchev–Trinajstić information content (AvgIpc) is 3.22. The molecule has 4 rings (SSSR count). The maximum absolute atomic E-state index is 9.98. The molecule has 3 N–H and O–H groups in total. The molecule has 0 atom stereocenters. The van der Waals surface area contributed by atoms with Crippen LogP contribution in [0.2, 0.25) is 0 Å². The molecule has 0 amide bonds. The quantitative estimate of drug-likeness (QED) is 0.380. The lowest BCUT2D eigenvalue weighted by atomic mass is 10.2. The molecule has 3 heterocycles. The van der Waals surface area contributed by atoms with Gasteiger partial charge in [-0.15, -0.1) is 0 Å². The van der Waals surface area contributed by atoms with Gasteiger partial charge in [0.2, 0.25) is 5.88 Å². The molecule has 0 aliphatic carbocycles. The van der Waals surface area contributed by atoms with Crippen molar-refractivity contribution in [3.63, 3.8) is 0 Å². The maximum Gasteiger partial charge on any atom is 0.216 e. The molecule has 2 aromatic heterocycles. The normalized spacial score (nSPS) is 14.3. The zero-order valence-electron chi connectivity index (χ0n) is 19.3. The first kappa shape index (κ1) is 23.6. The Labute approximate surface area is 189 Å². The predicted octanol–water partition coefficient (Wildman–Crippen LogP) is 4.02. The number of hydrogen-bond acceptors (Lipinski definition) is 7. The van der Waals surface area contributed by atoms with Gasteiger partial charge >= 0.3 is 0 Å². The molecule has 32 heavy (non-hydrogen) atoms. The van der Waals surface area contributed by atoms with Crippen LogP contribution in [-0.2, 0) is 4.74 Å². The van der Waals surface area contributed by atoms with Gasteiger partial charge in [-0.2, -0.15) is 5.10 Å². The number of hydrazone groups is 1. The van der Waals surface area contributed by atoms with Crippen LogP contribution >= 0.6 is 0 Å². The zero-order chi connectivity index (χ0) is 23.0. The Morgan fingerprint density at radius 1 is 1.25 bits per heavy atom. The summed E-state index contributed by atoms with van der Waals surface area (Å²) in [7, 11) is 0. The number of hydrogen-bond donors (Lipinski definition) is 3. The fraction of sp³-hybridized carbons (Fsp3) is 0.417. The minimum atomic E-state index is -0.943. The van der Waals surface area contributed by atoms with Gasteiger partial charge < -0.3 is 24.5 Å². The highest BCUT2D eigenvalue weighted by molar-refractivity contribution is 5.92. The van der Waals surface area contributed by atoms with Gasteiger partial charge in [0.1, 0.15) is 6.61 Å². The molecule has 0 radical (unpaired) electrons. The first-order valence-corrected chi connectivity index (χ1v) is 11.0. The van der Waals surface area contributed by atoms with E-state index in [1.165, 1.54) is 0 Å². The van der Waals surface area contributed by atoms with Crippen LogP contribution in [0, 0.1) is 0 Å². The molecule has 1 aliphatic heterocycles. The van der Waals surface area contributed by atoms with E-state index in [9.17, 15) is 5.11 Å². The van der Waals surface area contributed by atoms with Crippen LogP contribution in [0.5, 0.6) is 5.88 Å². The number of aromatic amines is 1. The van der Waals surface area contributed by atoms with Gasteiger partial charge in [-0.05, 0) is 26.0 Å². The summed E-state index contributed by atoms with van der Waals surface area (Å²) in [6.45, 7) is 10.5. The number of ether oxygens (including phenoxy) is 2. The molecule has 0 saturated carbocycles. The van der Waals surface area contributed by atoms with Crippen molar-refractivity contribution in [3.05, 3.63) is 48.3 Å². The molecule has 1 fully saturated rings. The first-order valence-electron chi connectivity index (χ1n) is 11.0. The largest absolute Gasteiger partial charge is 0.475 e. The van der Waals surface area contributed by atoms with E-state index in [1.807, 2.05) is 56.4 Å². The van der Waals surface area contributed by atoms with E-state index < -0.39 is 5.60 Å². The van der Waals surface area contributed by atoms with Crippen LogP contribution < -0.4 is 15.1 Å². The number of rotatable bonds is 7. The molecule has 0 unspecified atom stereocenters. The summed E-state index contributed by atoms with van der Waals surface area (Å²) in [5.41, 5.74) is 5.73. The second-order valence-corrected chi connectivity index (χ2v) is 7.91. The van der Waals surface area contributed by atoms with E-state index in [4.69, 9.17) is 9.47 Å². The number of aliphatic hydroxyl groups is 1. The van der Waals surface area contributed by atoms with Gasteiger partial charge in [-0.25, -0.2) is 4.98 Å². The number of anilines is 2. The van der Waals surface area contributed by atoms with Crippen LogP contribution in [0.1, 0.15) is 33.4 Å². The monoisotopic (exact) mass is 439 g/mol. The SMILES string of the molecule is CC.CC(C)(O)COc1cc(N2CCOCC2)cc(/C=N/Nc2c[nH]c3ccccc23)n1. The van der Waals surface area contributed by atoms with Crippen molar-refractivity contribution in [2.45, 2.75) is 33.3 Å². The van der Waals surface area contributed by atoms with Gasteiger partial charge in [0.05, 0.1) is 36.4 Å². The lowest BCUT2D eigenvalue weighted by molar-refractivity contribution is 0.0268.